The average Bonchev–Trinajstić information content (AvgIpc) is 2.35. The number of rotatable bonds is 6. The minimum absolute atomic E-state index is 0.788. The Labute approximate surface area is 107 Å². The van der Waals surface area contributed by atoms with Crippen molar-refractivity contribution in [2.45, 2.75) is 26.7 Å². The molecule has 0 atom stereocenters. The Morgan fingerprint density at radius 1 is 1.25 bits per heavy atom. The lowest BCUT2D eigenvalue weighted by Crippen LogP contribution is -1.94. The molecule has 0 aliphatic rings. The van der Waals surface area contributed by atoms with Gasteiger partial charge in [-0.25, -0.2) is 0 Å². The fourth-order valence-electron chi connectivity index (χ4n) is 1.35. The molecule has 88 valence electrons. The van der Waals surface area contributed by atoms with Gasteiger partial charge < -0.3 is 4.74 Å². The van der Waals surface area contributed by atoms with Crippen LogP contribution in [-0.2, 0) is 0 Å². The number of hydrogen-bond donors (Lipinski definition) is 0. The van der Waals surface area contributed by atoms with Crippen molar-refractivity contribution in [1.29, 1.82) is 0 Å². The SMILES string of the molecule is CCCOc1ccc(C=C(CC)CBr)cc1. The van der Waals surface area contributed by atoms with Crippen LogP contribution in [0.2, 0.25) is 0 Å². The van der Waals surface area contributed by atoms with Gasteiger partial charge in [0.25, 0.3) is 0 Å². The fraction of sp³-hybridized carbons (Fsp3) is 0.429. The van der Waals surface area contributed by atoms with Gasteiger partial charge in [-0.3, -0.25) is 0 Å². The second-order valence-corrected chi connectivity index (χ2v) is 4.27. The molecule has 1 aromatic rings. The Bertz CT molecular complexity index is 321. The molecule has 0 heterocycles. The lowest BCUT2D eigenvalue weighted by Gasteiger charge is -2.05. The number of halogens is 1. The average molecular weight is 283 g/mol. The molecule has 0 aromatic heterocycles. The summed E-state index contributed by atoms with van der Waals surface area (Å²) < 4.78 is 5.54. The molecule has 1 rings (SSSR count). The first-order chi connectivity index (χ1) is 7.80. The number of alkyl halides is 1. The van der Waals surface area contributed by atoms with Crippen LogP contribution < -0.4 is 4.74 Å². The maximum atomic E-state index is 5.54. The van der Waals surface area contributed by atoms with Crippen molar-refractivity contribution in [3.8, 4) is 5.75 Å². The largest absolute Gasteiger partial charge is 0.494 e. The molecule has 1 nitrogen and oxygen atoms in total. The quantitative estimate of drug-likeness (QED) is 0.690. The number of ether oxygens (including phenoxy) is 1. The normalized spacial score (nSPS) is 11.6. The predicted molar refractivity (Wildman–Crippen MR) is 74.3 cm³/mol. The van der Waals surface area contributed by atoms with Crippen LogP contribution in [0.4, 0.5) is 0 Å². The predicted octanol–water partition coefficient (Wildman–Crippen LogP) is 4.66. The molecule has 0 amide bonds. The van der Waals surface area contributed by atoms with Crippen LogP contribution in [-0.4, -0.2) is 11.9 Å². The summed E-state index contributed by atoms with van der Waals surface area (Å²) in [6, 6.07) is 8.26. The van der Waals surface area contributed by atoms with Crippen molar-refractivity contribution in [1.82, 2.24) is 0 Å². The summed E-state index contributed by atoms with van der Waals surface area (Å²) >= 11 is 3.49. The maximum Gasteiger partial charge on any atom is 0.119 e. The first kappa shape index (κ1) is 13.3. The lowest BCUT2D eigenvalue weighted by molar-refractivity contribution is 0.317. The Balaban J connectivity index is 2.67. The van der Waals surface area contributed by atoms with E-state index < -0.39 is 0 Å². The van der Waals surface area contributed by atoms with Crippen LogP contribution in [0, 0.1) is 0 Å². The van der Waals surface area contributed by atoms with Gasteiger partial charge in [0.15, 0.2) is 0 Å². The van der Waals surface area contributed by atoms with Crippen LogP contribution in [0.3, 0.4) is 0 Å². The van der Waals surface area contributed by atoms with Gasteiger partial charge in [0.05, 0.1) is 6.61 Å². The summed E-state index contributed by atoms with van der Waals surface area (Å²) in [5.74, 6) is 0.955. The second-order valence-electron chi connectivity index (χ2n) is 3.71. The van der Waals surface area contributed by atoms with E-state index in [0.29, 0.717) is 0 Å². The molecule has 0 bridgehead atoms. The van der Waals surface area contributed by atoms with Crippen LogP contribution in [0.5, 0.6) is 5.75 Å². The van der Waals surface area contributed by atoms with E-state index in [2.05, 4.69) is 48.0 Å². The molecule has 0 aliphatic carbocycles. The van der Waals surface area contributed by atoms with Crippen molar-refractivity contribution in [3.05, 3.63) is 35.4 Å². The zero-order valence-electron chi connectivity index (χ0n) is 10.0. The van der Waals surface area contributed by atoms with E-state index in [1.165, 1.54) is 11.1 Å². The zero-order valence-corrected chi connectivity index (χ0v) is 11.6. The summed E-state index contributed by atoms with van der Waals surface area (Å²) in [6.07, 6.45) is 4.35. The third-order valence-corrected chi connectivity index (χ3v) is 3.07. The summed E-state index contributed by atoms with van der Waals surface area (Å²) in [5, 5.41) is 0.942. The van der Waals surface area contributed by atoms with E-state index in [4.69, 9.17) is 4.74 Å². The van der Waals surface area contributed by atoms with Gasteiger partial charge in [0, 0.05) is 5.33 Å². The summed E-state index contributed by atoms with van der Waals surface area (Å²) in [7, 11) is 0. The van der Waals surface area contributed by atoms with Gasteiger partial charge in [-0.2, -0.15) is 0 Å². The summed E-state index contributed by atoms with van der Waals surface area (Å²) in [4.78, 5) is 0. The molecule has 0 saturated heterocycles. The second kappa shape index (κ2) is 7.50. The third kappa shape index (κ3) is 4.40. The van der Waals surface area contributed by atoms with Crippen molar-refractivity contribution < 1.29 is 4.74 Å². The summed E-state index contributed by atoms with van der Waals surface area (Å²) in [6.45, 7) is 5.07. The van der Waals surface area contributed by atoms with Crippen molar-refractivity contribution in [2.75, 3.05) is 11.9 Å². The highest BCUT2D eigenvalue weighted by Gasteiger charge is 1.95. The van der Waals surface area contributed by atoms with Crippen LogP contribution in [0.15, 0.2) is 29.8 Å². The first-order valence-corrected chi connectivity index (χ1v) is 6.90. The topological polar surface area (TPSA) is 9.23 Å². The molecule has 16 heavy (non-hydrogen) atoms. The standard InChI is InChI=1S/C14H19BrO/c1-3-9-16-14-7-5-13(6-8-14)10-12(4-2)11-15/h5-8,10H,3-4,9,11H2,1-2H3. The Kier molecular flexibility index (Phi) is 6.24. The molecular weight excluding hydrogens is 264 g/mol. The minimum atomic E-state index is 0.788. The summed E-state index contributed by atoms with van der Waals surface area (Å²) in [5.41, 5.74) is 2.64. The van der Waals surface area contributed by atoms with E-state index in [-0.39, 0.29) is 0 Å². The van der Waals surface area contributed by atoms with E-state index in [1.54, 1.807) is 0 Å². The molecule has 0 saturated carbocycles. The maximum absolute atomic E-state index is 5.54. The highest BCUT2D eigenvalue weighted by atomic mass is 79.9. The molecule has 1 aromatic carbocycles. The highest BCUT2D eigenvalue weighted by molar-refractivity contribution is 9.09. The van der Waals surface area contributed by atoms with E-state index >= 15 is 0 Å². The van der Waals surface area contributed by atoms with Gasteiger partial charge >= 0.3 is 0 Å². The molecule has 0 aliphatic heterocycles. The lowest BCUT2D eigenvalue weighted by atomic mass is 10.1. The molecular formula is C14H19BrO. The van der Waals surface area contributed by atoms with Crippen LogP contribution in [0.1, 0.15) is 32.3 Å². The molecule has 0 N–H and O–H groups in total. The molecule has 0 fully saturated rings. The highest BCUT2D eigenvalue weighted by Crippen LogP contribution is 2.16. The molecule has 0 spiro atoms. The van der Waals surface area contributed by atoms with Crippen molar-refractivity contribution in [2.24, 2.45) is 0 Å². The third-order valence-electron chi connectivity index (χ3n) is 2.35. The van der Waals surface area contributed by atoms with Crippen molar-refractivity contribution in [3.63, 3.8) is 0 Å². The van der Waals surface area contributed by atoms with Gasteiger partial charge in [0.2, 0.25) is 0 Å². The number of allylic oxidation sites excluding steroid dienone is 1. The minimum Gasteiger partial charge on any atom is -0.494 e. The van der Waals surface area contributed by atoms with Gasteiger partial charge in [0.1, 0.15) is 5.75 Å². The zero-order chi connectivity index (χ0) is 11.8. The van der Waals surface area contributed by atoms with Gasteiger partial charge in [-0.15, -0.1) is 0 Å². The van der Waals surface area contributed by atoms with E-state index in [0.717, 1.165) is 30.5 Å². The van der Waals surface area contributed by atoms with Gasteiger partial charge in [-0.05, 0) is 30.5 Å². The Morgan fingerprint density at radius 3 is 2.44 bits per heavy atom. The van der Waals surface area contributed by atoms with Crippen molar-refractivity contribution >= 4 is 22.0 Å². The van der Waals surface area contributed by atoms with E-state index in [1.807, 2.05) is 12.1 Å². The number of benzene rings is 1. The number of hydrogen-bond acceptors (Lipinski definition) is 1. The monoisotopic (exact) mass is 282 g/mol. The smallest absolute Gasteiger partial charge is 0.119 e. The Hall–Kier alpha value is -0.760. The van der Waals surface area contributed by atoms with Crippen LogP contribution >= 0.6 is 15.9 Å². The molecule has 0 radical (unpaired) electrons. The Morgan fingerprint density at radius 2 is 1.94 bits per heavy atom. The van der Waals surface area contributed by atoms with E-state index in [9.17, 15) is 0 Å². The molecule has 0 unspecified atom stereocenters. The van der Waals surface area contributed by atoms with Crippen LogP contribution in [0.25, 0.3) is 6.08 Å². The fourth-order valence-corrected chi connectivity index (χ4v) is 1.91. The first-order valence-electron chi connectivity index (χ1n) is 5.78. The molecule has 2 heteroatoms. The van der Waals surface area contributed by atoms with Gasteiger partial charge in [-0.1, -0.05) is 53.6 Å².